The summed E-state index contributed by atoms with van der Waals surface area (Å²) in [4.78, 5) is 11.9. The lowest BCUT2D eigenvalue weighted by molar-refractivity contribution is 0.100. The standard InChI is InChI=1S/C20H15FN2O2/c21-14-9-10-16(24)18-17-13(20(22)25)7-4-8-15(17)23(19(14)18)11-12-5-2-1-3-6-12/h1-10,24H,11H2,(H2,22,25). The molecule has 0 atom stereocenters. The highest BCUT2D eigenvalue weighted by Gasteiger charge is 2.21. The highest BCUT2D eigenvalue weighted by Crippen LogP contribution is 2.38. The van der Waals surface area contributed by atoms with Crippen molar-refractivity contribution in [1.82, 2.24) is 4.57 Å². The topological polar surface area (TPSA) is 68.2 Å². The minimum Gasteiger partial charge on any atom is -0.507 e. The molecule has 0 saturated carbocycles. The van der Waals surface area contributed by atoms with E-state index in [-0.39, 0.29) is 16.8 Å². The number of amides is 1. The zero-order chi connectivity index (χ0) is 17.6. The number of hydrogen-bond donors (Lipinski definition) is 2. The molecule has 0 spiro atoms. The van der Waals surface area contributed by atoms with Crippen LogP contribution in [0.4, 0.5) is 4.39 Å². The van der Waals surface area contributed by atoms with Gasteiger partial charge in [-0.25, -0.2) is 4.39 Å². The lowest BCUT2D eigenvalue weighted by Crippen LogP contribution is -2.11. The van der Waals surface area contributed by atoms with Crippen LogP contribution in [0.25, 0.3) is 21.8 Å². The van der Waals surface area contributed by atoms with E-state index in [2.05, 4.69) is 0 Å². The van der Waals surface area contributed by atoms with Crippen LogP contribution in [0.5, 0.6) is 5.75 Å². The normalized spacial score (nSPS) is 11.2. The minimum atomic E-state index is -0.618. The molecule has 4 nitrogen and oxygen atoms in total. The summed E-state index contributed by atoms with van der Waals surface area (Å²) in [6, 6.07) is 17.2. The lowest BCUT2D eigenvalue weighted by atomic mass is 10.1. The fourth-order valence-corrected chi connectivity index (χ4v) is 3.35. The van der Waals surface area contributed by atoms with Crippen LogP contribution < -0.4 is 5.73 Å². The monoisotopic (exact) mass is 334 g/mol. The summed E-state index contributed by atoms with van der Waals surface area (Å²) in [5.74, 6) is -1.16. The van der Waals surface area contributed by atoms with E-state index < -0.39 is 11.7 Å². The summed E-state index contributed by atoms with van der Waals surface area (Å²) in [6.07, 6.45) is 0. The molecule has 1 heterocycles. The Hall–Kier alpha value is -3.34. The molecule has 5 heteroatoms. The van der Waals surface area contributed by atoms with Crippen LogP contribution in [-0.2, 0) is 6.54 Å². The molecule has 124 valence electrons. The molecular formula is C20H15FN2O2. The number of carbonyl (C=O) groups is 1. The first-order valence-electron chi connectivity index (χ1n) is 7.84. The Morgan fingerprint density at radius 2 is 1.76 bits per heavy atom. The van der Waals surface area contributed by atoms with Crippen LogP contribution in [-0.4, -0.2) is 15.6 Å². The number of fused-ring (bicyclic) bond motifs is 3. The van der Waals surface area contributed by atoms with Gasteiger partial charge >= 0.3 is 0 Å². The van der Waals surface area contributed by atoms with Crippen LogP contribution >= 0.6 is 0 Å². The molecular weight excluding hydrogens is 319 g/mol. The summed E-state index contributed by atoms with van der Waals surface area (Å²) in [7, 11) is 0. The molecule has 3 N–H and O–H groups in total. The first-order chi connectivity index (χ1) is 12.1. The Kier molecular flexibility index (Phi) is 3.42. The van der Waals surface area contributed by atoms with E-state index in [0.717, 1.165) is 5.56 Å². The predicted octanol–water partition coefficient (Wildman–Crippen LogP) is 3.79. The third-order valence-electron chi connectivity index (χ3n) is 4.41. The van der Waals surface area contributed by atoms with Gasteiger partial charge in [0, 0.05) is 17.5 Å². The quantitative estimate of drug-likeness (QED) is 0.598. The van der Waals surface area contributed by atoms with Crippen molar-refractivity contribution in [2.75, 3.05) is 0 Å². The number of aromatic hydroxyl groups is 1. The Labute approximate surface area is 142 Å². The fourth-order valence-electron chi connectivity index (χ4n) is 3.35. The smallest absolute Gasteiger partial charge is 0.249 e. The van der Waals surface area contributed by atoms with Gasteiger partial charge in [-0.05, 0) is 29.8 Å². The molecule has 0 aliphatic heterocycles. The first-order valence-corrected chi connectivity index (χ1v) is 7.84. The second kappa shape index (κ2) is 5.63. The van der Waals surface area contributed by atoms with Gasteiger partial charge < -0.3 is 15.4 Å². The molecule has 3 aromatic carbocycles. The average Bonchev–Trinajstić information content (AvgIpc) is 2.95. The molecule has 0 bridgehead atoms. The SMILES string of the molecule is NC(=O)c1cccc2c1c1c(O)ccc(F)c1n2Cc1ccccc1. The number of halogens is 1. The number of aromatic nitrogens is 1. The van der Waals surface area contributed by atoms with E-state index in [1.54, 1.807) is 22.8 Å². The van der Waals surface area contributed by atoms with E-state index in [0.29, 0.717) is 22.8 Å². The fraction of sp³-hybridized carbons (Fsp3) is 0.0500. The van der Waals surface area contributed by atoms with Gasteiger partial charge in [0.25, 0.3) is 0 Å². The van der Waals surface area contributed by atoms with Crippen molar-refractivity contribution in [3.05, 3.63) is 77.6 Å². The first kappa shape index (κ1) is 15.2. The van der Waals surface area contributed by atoms with Crippen molar-refractivity contribution >= 4 is 27.7 Å². The van der Waals surface area contributed by atoms with Crippen molar-refractivity contribution in [1.29, 1.82) is 0 Å². The number of primary amides is 1. The number of benzene rings is 3. The van der Waals surface area contributed by atoms with Crippen molar-refractivity contribution in [2.45, 2.75) is 6.54 Å². The molecule has 0 fully saturated rings. The maximum atomic E-state index is 14.7. The van der Waals surface area contributed by atoms with E-state index >= 15 is 0 Å². The Bertz CT molecular complexity index is 1120. The molecule has 0 radical (unpaired) electrons. The van der Waals surface area contributed by atoms with Gasteiger partial charge in [-0.15, -0.1) is 0 Å². The van der Waals surface area contributed by atoms with Crippen molar-refractivity contribution in [3.63, 3.8) is 0 Å². The molecule has 4 rings (SSSR count). The maximum absolute atomic E-state index is 14.7. The van der Waals surface area contributed by atoms with Gasteiger partial charge in [-0.1, -0.05) is 36.4 Å². The summed E-state index contributed by atoms with van der Waals surface area (Å²) in [6.45, 7) is 0.406. The van der Waals surface area contributed by atoms with Gasteiger partial charge in [0.2, 0.25) is 5.91 Å². The highest BCUT2D eigenvalue weighted by atomic mass is 19.1. The lowest BCUT2D eigenvalue weighted by Gasteiger charge is -2.08. The van der Waals surface area contributed by atoms with E-state index in [1.807, 2.05) is 30.3 Å². The summed E-state index contributed by atoms with van der Waals surface area (Å²) >= 11 is 0. The Morgan fingerprint density at radius 3 is 2.48 bits per heavy atom. The van der Waals surface area contributed by atoms with Crippen molar-refractivity contribution < 1.29 is 14.3 Å². The number of hydrogen-bond acceptors (Lipinski definition) is 2. The van der Waals surface area contributed by atoms with Gasteiger partial charge in [0.05, 0.1) is 16.4 Å². The number of nitrogens with zero attached hydrogens (tertiary/aromatic N) is 1. The molecule has 25 heavy (non-hydrogen) atoms. The Morgan fingerprint density at radius 1 is 1.00 bits per heavy atom. The molecule has 0 unspecified atom stereocenters. The van der Waals surface area contributed by atoms with E-state index in [4.69, 9.17) is 5.73 Å². The number of phenols is 1. The third-order valence-corrected chi connectivity index (χ3v) is 4.41. The van der Waals surface area contributed by atoms with Gasteiger partial charge in [-0.2, -0.15) is 0 Å². The molecule has 1 aromatic heterocycles. The van der Waals surface area contributed by atoms with Gasteiger partial charge in [-0.3, -0.25) is 4.79 Å². The van der Waals surface area contributed by atoms with Crippen LogP contribution in [0, 0.1) is 5.82 Å². The van der Waals surface area contributed by atoms with Gasteiger partial charge in [0.1, 0.15) is 11.6 Å². The van der Waals surface area contributed by atoms with Crippen molar-refractivity contribution in [3.8, 4) is 5.75 Å². The summed E-state index contributed by atoms with van der Waals surface area (Å²) < 4.78 is 16.4. The van der Waals surface area contributed by atoms with Gasteiger partial charge in [0.15, 0.2) is 0 Å². The van der Waals surface area contributed by atoms with Crippen molar-refractivity contribution in [2.24, 2.45) is 5.73 Å². The second-order valence-corrected chi connectivity index (χ2v) is 5.93. The Balaban J connectivity index is 2.15. The zero-order valence-electron chi connectivity index (χ0n) is 13.2. The molecule has 0 saturated heterocycles. The average molecular weight is 334 g/mol. The summed E-state index contributed by atoms with van der Waals surface area (Å²) in [5, 5.41) is 11.1. The molecule has 0 aliphatic carbocycles. The van der Waals surface area contributed by atoms with Crippen LogP contribution in [0.3, 0.4) is 0 Å². The number of rotatable bonds is 3. The van der Waals surface area contributed by atoms with E-state index in [1.165, 1.54) is 12.1 Å². The molecule has 0 aliphatic rings. The number of phenolic OH excluding ortho intramolecular Hbond substituents is 1. The highest BCUT2D eigenvalue weighted by molar-refractivity contribution is 6.19. The third kappa shape index (κ3) is 2.32. The molecule has 1 amide bonds. The maximum Gasteiger partial charge on any atom is 0.249 e. The number of carbonyl (C=O) groups excluding carboxylic acids is 1. The van der Waals surface area contributed by atoms with Crippen LogP contribution in [0.15, 0.2) is 60.7 Å². The van der Waals surface area contributed by atoms with Crippen LogP contribution in [0.1, 0.15) is 15.9 Å². The van der Waals surface area contributed by atoms with E-state index in [9.17, 15) is 14.3 Å². The molecule has 4 aromatic rings. The second-order valence-electron chi connectivity index (χ2n) is 5.93. The number of nitrogens with two attached hydrogens (primary N) is 1. The zero-order valence-corrected chi connectivity index (χ0v) is 13.2. The predicted molar refractivity (Wildman–Crippen MR) is 95.1 cm³/mol. The minimum absolute atomic E-state index is 0.0816. The van der Waals surface area contributed by atoms with Crippen LogP contribution in [0.2, 0.25) is 0 Å². The largest absolute Gasteiger partial charge is 0.507 e. The summed E-state index contributed by atoms with van der Waals surface area (Å²) in [5.41, 5.74) is 7.64.